The summed E-state index contributed by atoms with van der Waals surface area (Å²) in [5.41, 5.74) is 4.80. The second kappa shape index (κ2) is 4.88. The van der Waals surface area contributed by atoms with E-state index in [9.17, 15) is 9.59 Å². The summed E-state index contributed by atoms with van der Waals surface area (Å²) < 4.78 is 0. The Morgan fingerprint density at radius 1 is 1.40 bits per heavy atom. The molecule has 0 radical (unpaired) electrons. The van der Waals surface area contributed by atoms with Gasteiger partial charge in [-0.05, 0) is 0 Å². The summed E-state index contributed by atoms with van der Waals surface area (Å²) >= 11 is 1.44. The van der Waals surface area contributed by atoms with Gasteiger partial charge in [-0.15, -0.1) is 11.3 Å². The van der Waals surface area contributed by atoms with E-state index in [1.54, 1.807) is 5.38 Å². The monoisotopic (exact) mass is 227 g/mol. The van der Waals surface area contributed by atoms with Gasteiger partial charge in [-0.2, -0.15) is 0 Å². The molecule has 2 amide bonds. The molecule has 1 aromatic rings. The number of nitrogens with zero attached hydrogens (tertiary/aromatic N) is 1. The van der Waals surface area contributed by atoms with E-state index in [1.165, 1.54) is 18.3 Å². The molecular formula is C9H13N3O2S. The summed E-state index contributed by atoms with van der Waals surface area (Å²) in [7, 11) is 0. The highest BCUT2D eigenvalue weighted by Crippen LogP contribution is 2.18. The highest BCUT2D eigenvalue weighted by molar-refractivity contribution is 7.09. The molecule has 0 aromatic carbocycles. The van der Waals surface area contributed by atoms with Gasteiger partial charge in [-0.25, -0.2) is 4.98 Å². The van der Waals surface area contributed by atoms with Crippen molar-refractivity contribution in [2.24, 2.45) is 0 Å². The van der Waals surface area contributed by atoms with Gasteiger partial charge in [0.25, 0.3) is 5.91 Å². The number of amides is 2. The van der Waals surface area contributed by atoms with Gasteiger partial charge in [-0.3, -0.25) is 20.4 Å². The van der Waals surface area contributed by atoms with E-state index >= 15 is 0 Å². The first-order valence-electron chi connectivity index (χ1n) is 4.53. The van der Waals surface area contributed by atoms with Crippen molar-refractivity contribution in [1.82, 2.24) is 15.8 Å². The van der Waals surface area contributed by atoms with Gasteiger partial charge in [0.2, 0.25) is 5.91 Å². The van der Waals surface area contributed by atoms with E-state index in [-0.39, 0.29) is 5.91 Å². The Labute approximate surface area is 91.9 Å². The molecule has 0 atom stereocenters. The lowest BCUT2D eigenvalue weighted by Crippen LogP contribution is -2.40. The molecular weight excluding hydrogens is 214 g/mol. The van der Waals surface area contributed by atoms with Crippen LogP contribution >= 0.6 is 11.3 Å². The van der Waals surface area contributed by atoms with Gasteiger partial charge in [-0.1, -0.05) is 13.8 Å². The van der Waals surface area contributed by atoms with E-state index in [0.717, 1.165) is 5.01 Å². The normalized spacial score (nSPS) is 10.1. The first kappa shape index (κ1) is 11.6. The SMILES string of the molecule is CC(=O)NNC(=O)c1csc(C(C)C)n1. The van der Waals surface area contributed by atoms with Crippen LogP contribution in [0.2, 0.25) is 0 Å². The summed E-state index contributed by atoms with van der Waals surface area (Å²) in [4.78, 5) is 26.1. The van der Waals surface area contributed by atoms with Gasteiger partial charge >= 0.3 is 0 Å². The molecule has 0 bridgehead atoms. The molecule has 6 heteroatoms. The van der Waals surface area contributed by atoms with Crippen LogP contribution in [0.4, 0.5) is 0 Å². The van der Waals surface area contributed by atoms with Crippen molar-refractivity contribution in [3.8, 4) is 0 Å². The van der Waals surface area contributed by atoms with E-state index in [4.69, 9.17) is 0 Å². The van der Waals surface area contributed by atoms with Crippen LogP contribution in [-0.4, -0.2) is 16.8 Å². The Morgan fingerprint density at radius 2 is 2.07 bits per heavy atom. The molecule has 1 aromatic heterocycles. The summed E-state index contributed by atoms with van der Waals surface area (Å²) in [6, 6.07) is 0. The van der Waals surface area contributed by atoms with Crippen LogP contribution in [-0.2, 0) is 4.79 Å². The van der Waals surface area contributed by atoms with E-state index in [0.29, 0.717) is 11.6 Å². The molecule has 82 valence electrons. The molecule has 0 fully saturated rings. The molecule has 0 aliphatic rings. The average Bonchev–Trinajstić information content (AvgIpc) is 2.62. The molecule has 0 unspecified atom stereocenters. The molecule has 5 nitrogen and oxygen atoms in total. The summed E-state index contributed by atoms with van der Waals surface area (Å²) in [5, 5.41) is 2.58. The van der Waals surface area contributed by atoms with Crippen LogP contribution in [0.15, 0.2) is 5.38 Å². The van der Waals surface area contributed by atoms with Crippen molar-refractivity contribution in [2.45, 2.75) is 26.7 Å². The number of thiazole rings is 1. The fourth-order valence-corrected chi connectivity index (χ4v) is 1.68. The number of hydrogen-bond acceptors (Lipinski definition) is 4. The maximum Gasteiger partial charge on any atom is 0.289 e. The second-order valence-corrected chi connectivity index (χ2v) is 4.25. The zero-order valence-electron chi connectivity index (χ0n) is 8.83. The van der Waals surface area contributed by atoms with Gasteiger partial charge in [0.1, 0.15) is 5.69 Å². The number of hydrazine groups is 1. The maximum atomic E-state index is 11.4. The topological polar surface area (TPSA) is 71.1 Å². The fourth-order valence-electron chi connectivity index (χ4n) is 0.866. The number of aromatic nitrogens is 1. The number of hydrogen-bond donors (Lipinski definition) is 2. The Morgan fingerprint density at radius 3 is 2.53 bits per heavy atom. The highest BCUT2D eigenvalue weighted by Gasteiger charge is 2.12. The summed E-state index contributed by atoms with van der Waals surface area (Å²) in [6.45, 7) is 5.34. The molecule has 0 spiro atoms. The van der Waals surface area contributed by atoms with Crippen molar-refractivity contribution in [2.75, 3.05) is 0 Å². The Kier molecular flexibility index (Phi) is 3.79. The van der Waals surface area contributed by atoms with Crippen molar-refractivity contribution in [1.29, 1.82) is 0 Å². The third-order valence-electron chi connectivity index (χ3n) is 1.60. The molecule has 1 rings (SSSR count). The lowest BCUT2D eigenvalue weighted by Gasteiger charge is -2.01. The third-order valence-corrected chi connectivity index (χ3v) is 2.75. The lowest BCUT2D eigenvalue weighted by atomic mass is 10.2. The smallest absolute Gasteiger partial charge is 0.274 e. The van der Waals surface area contributed by atoms with Crippen molar-refractivity contribution < 1.29 is 9.59 Å². The van der Waals surface area contributed by atoms with Crippen LogP contribution < -0.4 is 10.9 Å². The van der Waals surface area contributed by atoms with Crippen molar-refractivity contribution >= 4 is 23.2 Å². The number of carbonyl (C=O) groups is 2. The largest absolute Gasteiger partial charge is 0.289 e. The van der Waals surface area contributed by atoms with E-state index in [1.807, 2.05) is 13.8 Å². The zero-order valence-corrected chi connectivity index (χ0v) is 9.64. The molecule has 0 aliphatic carbocycles. The summed E-state index contributed by atoms with van der Waals surface area (Å²) in [5.74, 6) is -0.409. The standard InChI is InChI=1S/C9H13N3O2S/c1-5(2)9-10-7(4-15-9)8(14)12-11-6(3)13/h4-5H,1-3H3,(H,11,13)(H,12,14). The minimum atomic E-state index is -0.395. The molecule has 1 heterocycles. The Balaban J connectivity index is 2.62. The van der Waals surface area contributed by atoms with Crippen LogP contribution in [0.5, 0.6) is 0 Å². The molecule has 0 saturated carbocycles. The Bertz CT molecular complexity index is 373. The van der Waals surface area contributed by atoms with Crippen LogP contribution in [0.25, 0.3) is 0 Å². The maximum absolute atomic E-state index is 11.4. The minimum Gasteiger partial charge on any atom is -0.274 e. The van der Waals surface area contributed by atoms with Gasteiger partial charge in [0, 0.05) is 18.2 Å². The predicted molar refractivity (Wildman–Crippen MR) is 57.5 cm³/mol. The summed E-state index contributed by atoms with van der Waals surface area (Å²) in [6.07, 6.45) is 0. The highest BCUT2D eigenvalue weighted by atomic mass is 32.1. The van der Waals surface area contributed by atoms with Gasteiger partial charge in [0.05, 0.1) is 5.01 Å². The zero-order chi connectivity index (χ0) is 11.4. The van der Waals surface area contributed by atoms with Crippen LogP contribution in [0, 0.1) is 0 Å². The molecule has 0 aliphatic heterocycles. The van der Waals surface area contributed by atoms with Gasteiger partial charge < -0.3 is 0 Å². The number of rotatable bonds is 2. The van der Waals surface area contributed by atoms with E-state index in [2.05, 4.69) is 15.8 Å². The average molecular weight is 227 g/mol. The Hall–Kier alpha value is -1.43. The minimum absolute atomic E-state index is 0.303. The predicted octanol–water partition coefficient (Wildman–Crippen LogP) is 1.05. The van der Waals surface area contributed by atoms with Gasteiger partial charge in [0.15, 0.2) is 0 Å². The van der Waals surface area contributed by atoms with E-state index < -0.39 is 5.91 Å². The van der Waals surface area contributed by atoms with Crippen LogP contribution in [0.1, 0.15) is 42.2 Å². The first-order valence-corrected chi connectivity index (χ1v) is 5.41. The van der Waals surface area contributed by atoms with Crippen molar-refractivity contribution in [3.63, 3.8) is 0 Å². The first-order chi connectivity index (χ1) is 7.00. The lowest BCUT2D eigenvalue weighted by molar-refractivity contribution is -0.119. The second-order valence-electron chi connectivity index (χ2n) is 3.36. The molecule has 2 N–H and O–H groups in total. The number of carbonyl (C=O) groups excluding carboxylic acids is 2. The van der Waals surface area contributed by atoms with Crippen molar-refractivity contribution in [3.05, 3.63) is 16.1 Å². The molecule has 0 saturated heterocycles. The quantitative estimate of drug-likeness (QED) is 0.742. The third kappa shape index (κ3) is 3.32. The number of nitrogens with one attached hydrogen (secondary N) is 2. The van der Waals surface area contributed by atoms with Crippen LogP contribution in [0.3, 0.4) is 0 Å². The molecule has 15 heavy (non-hydrogen) atoms. The fraction of sp³-hybridized carbons (Fsp3) is 0.444.